The SMILES string of the molecule is Cc1cc(C)nc(NCCCOCC2CCOC2)n1. The quantitative estimate of drug-likeness (QED) is 0.764. The summed E-state index contributed by atoms with van der Waals surface area (Å²) in [6, 6.07) is 1.97. The average molecular weight is 265 g/mol. The zero-order valence-corrected chi connectivity index (χ0v) is 11.8. The van der Waals surface area contributed by atoms with Gasteiger partial charge in [-0.25, -0.2) is 9.97 Å². The lowest BCUT2D eigenvalue weighted by Crippen LogP contribution is -2.13. The Morgan fingerprint density at radius 1 is 1.37 bits per heavy atom. The number of rotatable bonds is 7. The highest BCUT2D eigenvalue weighted by Gasteiger charge is 2.15. The first kappa shape index (κ1) is 14.2. The molecule has 1 aliphatic rings. The van der Waals surface area contributed by atoms with Crippen molar-refractivity contribution in [2.45, 2.75) is 26.7 Å². The number of aryl methyl sites for hydroxylation is 2. The predicted molar refractivity (Wildman–Crippen MR) is 74.4 cm³/mol. The maximum Gasteiger partial charge on any atom is 0.223 e. The third-order valence-corrected chi connectivity index (χ3v) is 3.11. The Labute approximate surface area is 114 Å². The van der Waals surface area contributed by atoms with E-state index in [1.165, 1.54) is 0 Å². The molecule has 5 heteroatoms. The van der Waals surface area contributed by atoms with Gasteiger partial charge in [-0.2, -0.15) is 0 Å². The molecule has 1 aromatic rings. The second kappa shape index (κ2) is 7.40. The van der Waals surface area contributed by atoms with Crippen LogP contribution in [0.15, 0.2) is 6.07 Å². The second-order valence-electron chi connectivity index (χ2n) is 5.06. The van der Waals surface area contributed by atoms with Gasteiger partial charge in [0, 0.05) is 37.1 Å². The monoisotopic (exact) mass is 265 g/mol. The van der Waals surface area contributed by atoms with E-state index in [0.717, 1.165) is 57.2 Å². The normalized spacial score (nSPS) is 18.7. The minimum absolute atomic E-state index is 0.593. The van der Waals surface area contributed by atoms with Gasteiger partial charge in [0.25, 0.3) is 0 Å². The van der Waals surface area contributed by atoms with E-state index in [-0.39, 0.29) is 0 Å². The van der Waals surface area contributed by atoms with Gasteiger partial charge in [-0.3, -0.25) is 0 Å². The molecule has 5 nitrogen and oxygen atoms in total. The van der Waals surface area contributed by atoms with Crippen molar-refractivity contribution in [3.8, 4) is 0 Å². The molecular weight excluding hydrogens is 242 g/mol. The minimum atomic E-state index is 0.593. The molecule has 19 heavy (non-hydrogen) atoms. The Morgan fingerprint density at radius 2 is 2.16 bits per heavy atom. The van der Waals surface area contributed by atoms with Crippen LogP contribution in [0.4, 0.5) is 5.95 Å². The van der Waals surface area contributed by atoms with E-state index in [1.807, 2.05) is 19.9 Å². The summed E-state index contributed by atoms with van der Waals surface area (Å²) in [5.74, 6) is 1.30. The lowest BCUT2D eigenvalue weighted by atomic mass is 10.1. The molecule has 0 aliphatic carbocycles. The van der Waals surface area contributed by atoms with Crippen LogP contribution in [0.2, 0.25) is 0 Å². The molecule has 0 aromatic carbocycles. The van der Waals surface area contributed by atoms with Crippen LogP contribution in [0.1, 0.15) is 24.2 Å². The highest BCUT2D eigenvalue weighted by Crippen LogP contribution is 2.12. The Hall–Kier alpha value is -1.20. The van der Waals surface area contributed by atoms with E-state index in [0.29, 0.717) is 11.9 Å². The van der Waals surface area contributed by atoms with Crippen molar-refractivity contribution >= 4 is 5.95 Å². The zero-order valence-electron chi connectivity index (χ0n) is 11.8. The van der Waals surface area contributed by atoms with Gasteiger partial charge in [0.1, 0.15) is 0 Å². The minimum Gasteiger partial charge on any atom is -0.381 e. The van der Waals surface area contributed by atoms with E-state index in [9.17, 15) is 0 Å². The van der Waals surface area contributed by atoms with Gasteiger partial charge >= 0.3 is 0 Å². The van der Waals surface area contributed by atoms with Crippen molar-refractivity contribution in [2.75, 3.05) is 38.3 Å². The van der Waals surface area contributed by atoms with Crippen LogP contribution in [0.25, 0.3) is 0 Å². The van der Waals surface area contributed by atoms with E-state index in [1.54, 1.807) is 0 Å². The van der Waals surface area contributed by atoms with Gasteiger partial charge in [0.05, 0.1) is 13.2 Å². The summed E-state index contributed by atoms with van der Waals surface area (Å²) in [5.41, 5.74) is 1.99. The fourth-order valence-electron chi connectivity index (χ4n) is 2.14. The zero-order chi connectivity index (χ0) is 13.5. The van der Waals surface area contributed by atoms with Gasteiger partial charge in [-0.1, -0.05) is 0 Å². The number of nitrogens with one attached hydrogen (secondary N) is 1. The van der Waals surface area contributed by atoms with E-state index >= 15 is 0 Å². The van der Waals surface area contributed by atoms with Crippen molar-refractivity contribution in [3.05, 3.63) is 17.5 Å². The molecule has 0 spiro atoms. The molecule has 2 rings (SSSR count). The van der Waals surface area contributed by atoms with Crippen molar-refractivity contribution < 1.29 is 9.47 Å². The first-order valence-corrected chi connectivity index (χ1v) is 6.95. The summed E-state index contributed by atoms with van der Waals surface area (Å²) < 4.78 is 10.9. The van der Waals surface area contributed by atoms with Crippen LogP contribution in [-0.2, 0) is 9.47 Å². The molecule has 0 radical (unpaired) electrons. The first-order valence-electron chi connectivity index (χ1n) is 6.95. The lowest BCUT2D eigenvalue weighted by molar-refractivity contribution is 0.0897. The highest BCUT2D eigenvalue weighted by atomic mass is 16.5. The average Bonchev–Trinajstić information content (AvgIpc) is 2.85. The summed E-state index contributed by atoms with van der Waals surface area (Å²) in [6.07, 6.45) is 2.10. The Morgan fingerprint density at radius 3 is 2.84 bits per heavy atom. The Kier molecular flexibility index (Phi) is 5.54. The molecule has 1 fully saturated rings. The van der Waals surface area contributed by atoms with Crippen LogP contribution in [0.5, 0.6) is 0 Å². The first-order chi connectivity index (χ1) is 9.24. The summed E-state index contributed by atoms with van der Waals surface area (Å²) in [6.45, 7) is 8.13. The fourth-order valence-corrected chi connectivity index (χ4v) is 2.14. The topological polar surface area (TPSA) is 56.3 Å². The number of ether oxygens (including phenoxy) is 2. The third-order valence-electron chi connectivity index (χ3n) is 3.11. The van der Waals surface area contributed by atoms with Crippen molar-refractivity contribution in [1.82, 2.24) is 9.97 Å². The lowest BCUT2D eigenvalue weighted by Gasteiger charge is -2.09. The molecule has 1 aromatic heterocycles. The van der Waals surface area contributed by atoms with Gasteiger partial charge in [0.15, 0.2) is 0 Å². The fraction of sp³-hybridized carbons (Fsp3) is 0.714. The van der Waals surface area contributed by atoms with Gasteiger partial charge in [-0.05, 0) is 32.8 Å². The Balaban J connectivity index is 1.56. The van der Waals surface area contributed by atoms with Crippen molar-refractivity contribution in [3.63, 3.8) is 0 Å². The Bertz CT molecular complexity index is 372. The molecule has 0 bridgehead atoms. The number of hydrogen-bond acceptors (Lipinski definition) is 5. The third kappa shape index (κ3) is 5.12. The van der Waals surface area contributed by atoms with Crippen LogP contribution < -0.4 is 5.32 Å². The molecule has 0 amide bonds. The molecule has 1 aliphatic heterocycles. The smallest absolute Gasteiger partial charge is 0.223 e. The summed E-state index contributed by atoms with van der Waals surface area (Å²) in [4.78, 5) is 8.67. The molecule has 1 unspecified atom stereocenters. The summed E-state index contributed by atoms with van der Waals surface area (Å²) in [7, 11) is 0. The maximum atomic E-state index is 5.64. The van der Waals surface area contributed by atoms with Crippen LogP contribution in [-0.4, -0.2) is 42.9 Å². The molecular formula is C14H23N3O2. The van der Waals surface area contributed by atoms with E-state index < -0.39 is 0 Å². The number of nitrogens with zero attached hydrogens (tertiary/aromatic N) is 2. The van der Waals surface area contributed by atoms with Crippen LogP contribution in [0.3, 0.4) is 0 Å². The standard InChI is InChI=1S/C14H23N3O2/c1-11-8-12(2)17-14(16-11)15-5-3-6-18-9-13-4-7-19-10-13/h8,13H,3-7,9-10H2,1-2H3,(H,15,16,17). The number of hydrogen-bond donors (Lipinski definition) is 1. The van der Waals surface area contributed by atoms with Crippen molar-refractivity contribution in [2.24, 2.45) is 5.92 Å². The van der Waals surface area contributed by atoms with Crippen molar-refractivity contribution in [1.29, 1.82) is 0 Å². The van der Waals surface area contributed by atoms with Crippen LogP contribution in [0, 0.1) is 19.8 Å². The van der Waals surface area contributed by atoms with Gasteiger partial charge in [-0.15, -0.1) is 0 Å². The molecule has 106 valence electrons. The highest BCUT2D eigenvalue weighted by molar-refractivity contribution is 5.27. The predicted octanol–water partition coefficient (Wildman–Crippen LogP) is 1.95. The summed E-state index contributed by atoms with van der Waals surface area (Å²) >= 11 is 0. The molecule has 1 saturated heterocycles. The van der Waals surface area contributed by atoms with Gasteiger partial charge < -0.3 is 14.8 Å². The number of aromatic nitrogens is 2. The number of anilines is 1. The summed E-state index contributed by atoms with van der Waals surface area (Å²) in [5, 5.41) is 3.23. The van der Waals surface area contributed by atoms with E-state index in [4.69, 9.17) is 9.47 Å². The van der Waals surface area contributed by atoms with Crippen LogP contribution >= 0.6 is 0 Å². The molecule has 1 N–H and O–H groups in total. The molecule has 0 saturated carbocycles. The largest absolute Gasteiger partial charge is 0.381 e. The van der Waals surface area contributed by atoms with Gasteiger partial charge in [0.2, 0.25) is 5.95 Å². The molecule has 2 heterocycles. The second-order valence-corrected chi connectivity index (χ2v) is 5.06. The molecule has 1 atom stereocenters. The van der Waals surface area contributed by atoms with E-state index in [2.05, 4.69) is 15.3 Å². The maximum absolute atomic E-state index is 5.64.